The molecule has 292 valence electrons. The van der Waals surface area contributed by atoms with Crippen molar-refractivity contribution in [3.05, 3.63) is 52.9 Å². The predicted molar refractivity (Wildman–Crippen MR) is 171 cm³/mol. The van der Waals surface area contributed by atoms with Gasteiger partial charge in [0.05, 0.1) is 25.4 Å². The van der Waals surface area contributed by atoms with Gasteiger partial charge < -0.3 is 94.1 Å². The molecule has 20 heteroatoms. The highest BCUT2D eigenvalue weighted by atomic mass is 16.8. The normalized spacial score (nSPS) is 37.8. The lowest BCUT2D eigenvalue weighted by Crippen LogP contribution is -2.65. The van der Waals surface area contributed by atoms with Gasteiger partial charge in [0.25, 0.3) is 0 Å². The van der Waals surface area contributed by atoms with Crippen LogP contribution in [-0.2, 0) is 18.9 Å². The largest absolute Gasteiger partial charge is 0.507 e. The minimum absolute atomic E-state index is 0.00131. The number of hydrogen-bond donors (Lipinski definition) is 12. The number of ether oxygens (including phenoxy) is 6. The second-order valence-corrected chi connectivity index (χ2v) is 12.8. The number of fused-ring (bicyclic) bond motifs is 1. The molecule has 0 bridgehead atoms. The summed E-state index contributed by atoms with van der Waals surface area (Å²) in [7, 11) is 0. The molecule has 0 radical (unpaired) electrons. The first-order chi connectivity index (χ1) is 25.3. The molecule has 2 aromatic carbocycles. The Balaban J connectivity index is 1.20. The van der Waals surface area contributed by atoms with Crippen molar-refractivity contribution >= 4 is 11.0 Å². The summed E-state index contributed by atoms with van der Waals surface area (Å²) in [4.78, 5) is 13.5. The number of aliphatic hydroxyl groups excluding tert-OH is 11. The summed E-state index contributed by atoms with van der Waals surface area (Å²) >= 11 is 0. The first-order valence-electron chi connectivity index (χ1n) is 16.4. The third-order valence-corrected chi connectivity index (χ3v) is 9.31. The van der Waals surface area contributed by atoms with Gasteiger partial charge in [-0.1, -0.05) is 12.1 Å². The molecule has 1 aromatic heterocycles. The minimum Gasteiger partial charge on any atom is -0.507 e. The summed E-state index contributed by atoms with van der Waals surface area (Å²) in [5.41, 5.74) is -0.504. The van der Waals surface area contributed by atoms with Crippen LogP contribution in [0.15, 0.2) is 51.9 Å². The maximum absolute atomic E-state index is 13.5. The van der Waals surface area contributed by atoms with Crippen LogP contribution in [0.2, 0.25) is 0 Å². The Morgan fingerprint density at radius 1 is 0.585 bits per heavy atom. The van der Waals surface area contributed by atoms with E-state index >= 15 is 0 Å². The molecule has 3 fully saturated rings. The molecular formula is C33H40O20. The summed E-state index contributed by atoms with van der Waals surface area (Å²) in [5.74, 6) is -0.655. The SMILES string of the molecule is O=c1c(-c2ccc(O[C@@H]3O[C@H](CO)[C@@H](O)[C@H](O)[C@H]3O[C@@H]3O[C@H](CO)[C@@H](O)[C@H](O)[C@H]3O)cc2)coc2cc(O[C@@H]3O[C@H](CO)[C@@H](O)[C@H](O)[C@H]3O)cc(O)c12. The van der Waals surface area contributed by atoms with Crippen molar-refractivity contribution < 1.29 is 94.1 Å². The van der Waals surface area contributed by atoms with Gasteiger partial charge in [-0.15, -0.1) is 0 Å². The van der Waals surface area contributed by atoms with Crippen molar-refractivity contribution in [2.75, 3.05) is 19.8 Å². The van der Waals surface area contributed by atoms with Crippen molar-refractivity contribution in [2.45, 2.75) is 92.1 Å². The quantitative estimate of drug-likeness (QED) is 0.0925. The molecule has 0 amide bonds. The summed E-state index contributed by atoms with van der Waals surface area (Å²) < 4.78 is 39.0. The standard InChI is InChI=1S/C33H40O20/c34-7-17-22(39)25(42)28(45)31(50-17)49-13-5-15(37)20-16(6-13)47-10-14(21(20)38)11-1-3-12(4-2-11)48-33-30(27(44)24(41)19(9-36)52-33)53-32-29(46)26(43)23(40)18(8-35)51-32/h1-6,10,17-19,22-37,39-46H,7-9H2/t17-,18-,19-,22-,23-,24-,25+,26+,27+,28-,29-,30-,31-,32+,33-/m1/s1. The number of benzene rings is 2. The first kappa shape index (κ1) is 39.2. The van der Waals surface area contributed by atoms with Crippen molar-refractivity contribution in [1.82, 2.24) is 0 Å². The molecule has 6 rings (SSSR count). The van der Waals surface area contributed by atoms with Crippen LogP contribution in [0.25, 0.3) is 22.1 Å². The van der Waals surface area contributed by atoms with Gasteiger partial charge in [-0.05, 0) is 17.7 Å². The number of rotatable bonds is 10. The molecule has 0 unspecified atom stereocenters. The van der Waals surface area contributed by atoms with E-state index in [2.05, 4.69) is 0 Å². The zero-order valence-electron chi connectivity index (χ0n) is 27.5. The van der Waals surface area contributed by atoms with E-state index in [1.807, 2.05) is 0 Å². The minimum atomic E-state index is -1.86. The Bertz CT molecular complexity index is 1750. The molecule has 0 spiro atoms. The van der Waals surface area contributed by atoms with Crippen molar-refractivity contribution in [1.29, 1.82) is 0 Å². The van der Waals surface area contributed by atoms with Crippen LogP contribution in [0.4, 0.5) is 0 Å². The highest BCUT2D eigenvalue weighted by molar-refractivity contribution is 5.88. The number of phenols is 1. The van der Waals surface area contributed by atoms with Gasteiger partial charge in [-0.25, -0.2) is 0 Å². The fourth-order valence-electron chi connectivity index (χ4n) is 6.25. The van der Waals surface area contributed by atoms with Gasteiger partial charge in [-0.2, -0.15) is 0 Å². The van der Waals surface area contributed by atoms with E-state index in [0.717, 1.165) is 12.3 Å². The lowest BCUT2D eigenvalue weighted by molar-refractivity contribution is -0.357. The molecule has 3 aliphatic rings. The van der Waals surface area contributed by atoms with Crippen LogP contribution in [-0.4, -0.2) is 173 Å². The molecule has 0 saturated carbocycles. The fourth-order valence-corrected chi connectivity index (χ4v) is 6.25. The van der Waals surface area contributed by atoms with Gasteiger partial charge in [0.2, 0.25) is 18.0 Å². The van der Waals surface area contributed by atoms with Crippen LogP contribution >= 0.6 is 0 Å². The Morgan fingerprint density at radius 3 is 1.68 bits per heavy atom. The van der Waals surface area contributed by atoms with Gasteiger partial charge in [0, 0.05) is 12.1 Å². The maximum atomic E-state index is 13.5. The number of phenolic OH excluding ortho intramolecular Hbond substituents is 1. The molecule has 3 aliphatic heterocycles. The second kappa shape index (κ2) is 16.0. The smallest absolute Gasteiger partial charge is 0.229 e. The third kappa shape index (κ3) is 7.58. The van der Waals surface area contributed by atoms with Crippen molar-refractivity contribution in [2.24, 2.45) is 0 Å². The molecular weight excluding hydrogens is 716 g/mol. The Hall–Kier alpha value is -3.55. The lowest BCUT2D eigenvalue weighted by atomic mass is 9.97. The molecule has 12 N–H and O–H groups in total. The van der Waals surface area contributed by atoms with Crippen LogP contribution in [0, 0.1) is 0 Å². The molecule has 4 heterocycles. The molecule has 3 saturated heterocycles. The Morgan fingerprint density at radius 2 is 1.09 bits per heavy atom. The third-order valence-electron chi connectivity index (χ3n) is 9.31. The lowest BCUT2D eigenvalue weighted by Gasteiger charge is -2.45. The summed E-state index contributed by atoms with van der Waals surface area (Å²) in [6.07, 6.45) is -23.2. The summed E-state index contributed by atoms with van der Waals surface area (Å²) in [5, 5.41) is 122. The van der Waals surface area contributed by atoms with E-state index in [9.17, 15) is 66.1 Å². The van der Waals surface area contributed by atoms with Gasteiger partial charge in [0.15, 0.2) is 12.4 Å². The summed E-state index contributed by atoms with van der Waals surface area (Å²) in [6, 6.07) is 7.90. The zero-order chi connectivity index (χ0) is 38.3. The average molecular weight is 757 g/mol. The van der Waals surface area contributed by atoms with E-state index in [1.54, 1.807) is 0 Å². The highest BCUT2D eigenvalue weighted by Gasteiger charge is 2.51. The van der Waals surface area contributed by atoms with E-state index in [0.29, 0.717) is 0 Å². The zero-order valence-corrected chi connectivity index (χ0v) is 27.5. The van der Waals surface area contributed by atoms with Crippen LogP contribution in [0.3, 0.4) is 0 Å². The van der Waals surface area contributed by atoms with E-state index < -0.39 is 123 Å². The summed E-state index contributed by atoms with van der Waals surface area (Å²) in [6.45, 7) is -2.19. The van der Waals surface area contributed by atoms with E-state index in [-0.39, 0.29) is 33.6 Å². The average Bonchev–Trinajstić information content (AvgIpc) is 3.15. The molecule has 0 aliphatic carbocycles. The van der Waals surface area contributed by atoms with E-state index in [4.69, 9.17) is 32.8 Å². The maximum Gasteiger partial charge on any atom is 0.229 e. The highest BCUT2D eigenvalue weighted by Crippen LogP contribution is 2.34. The van der Waals surface area contributed by atoms with Crippen LogP contribution < -0.4 is 14.9 Å². The molecule has 20 nitrogen and oxygen atoms in total. The molecule has 15 atom stereocenters. The predicted octanol–water partition coefficient (Wildman–Crippen LogP) is -4.65. The van der Waals surface area contributed by atoms with Crippen molar-refractivity contribution in [3.8, 4) is 28.4 Å². The number of aromatic hydroxyl groups is 1. The molecule has 3 aromatic rings. The van der Waals surface area contributed by atoms with Crippen LogP contribution in [0.5, 0.6) is 17.2 Å². The van der Waals surface area contributed by atoms with Gasteiger partial charge in [-0.3, -0.25) is 4.79 Å². The second-order valence-electron chi connectivity index (χ2n) is 12.8. The molecule has 53 heavy (non-hydrogen) atoms. The first-order valence-corrected chi connectivity index (χ1v) is 16.4. The number of hydrogen-bond acceptors (Lipinski definition) is 20. The van der Waals surface area contributed by atoms with Crippen molar-refractivity contribution in [3.63, 3.8) is 0 Å². The Kier molecular flexibility index (Phi) is 11.9. The van der Waals surface area contributed by atoms with Crippen LogP contribution in [0.1, 0.15) is 0 Å². The topological polar surface area (TPSA) is 328 Å². The van der Waals surface area contributed by atoms with Gasteiger partial charge >= 0.3 is 0 Å². The van der Waals surface area contributed by atoms with E-state index in [1.165, 1.54) is 30.3 Å². The van der Waals surface area contributed by atoms with Gasteiger partial charge in [0.1, 0.15) is 102 Å². The number of aliphatic hydroxyl groups is 11. The Labute approximate surface area is 298 Å². The monoisotopic (exact) mass is 756 g/mol. The fraction of sp³-hybridized carbons (Fsp3) is 0.545.